The monoisotopic (exact) mass is 272 g/mol. The molecule has 0 spiro atoms. The highest BCUT2D eigenvalue weighted by molar-refractivity contribution is 7.87. The number of imidazole rings is 1. The second-order valence-electron chi connectivity index (χ2n) is 3.30. The van der Waals surface area contributed by atoms with E-state index in [2.05, 4.69) is 4.98 Å². The summed E-state index contributed by atoms with van der Waals surface area (Å²) in [6.45, 7) is 0. The molecular weight excluding hydrogens is 264 g/mol. The third kappa shape index (κ3) is 2.42. The second kappa shape index (κ2) is 4.38. The average Bonchev–Trinajstić information content (AvgIpc) is 2.61. The number of aromatic nitrogens is 2. The topological polar surface area (TPSA) is 61.2 Å². The molecule has 0 fully saturated rings. The quantitative estimate of drug-likeness (QED) is 0.800. The lowest BCUT2D eigenvalue weighted by atomic mass is 10.3. The predicted molar refractivity (Wildman–Crippen MR) is 62.5 cm³/mol. The third-order valence-electron chi connectivity index (χ3n) is 2.02. The van der Waals surface area contributed by atoms with Crippen molar-refractivity contribution in [3.05, 3.63) is 41.8 Å². The highest BCUT2D eigenvalue weighted by Gasteiger charge is 2.24. The lowest BCUT2D eigenvalue weighted by Gasteiger charge is -2.04. The molecule has 2 rings (SSSR count). The summed E-state index contributed by atoms with van der Waals surface area (Å²) in [5.74, 6) is 0.217. The minimum Gasteiger partial charge on any atom is -0.378 e. The standard InChI is InChI=1S/C10H9ClN2O3S/c1-13-7-12-10(9(13)11)17(14,15)16-8-5-3-2-4-6-8/h2-7H,1H3. The first-order valence-corrected chi connectivity index (χ1v) is 6.45. The van der Waals surface area contributed by atoms with Crippen LogP contribution in [-0.2, 0) is 17.2 Å². The highest BCUT2D eigenvalue weighted by Crippen LogP contribution is 2.22. The maximum Gasteiger partial charge on any atom is 0.360 e. The number of halogens is 1. The molecule has 0 amide bonds. The van der Waals surface area contributed by atoms with Crippen molar-refractivity contribution in [3.8, 4) is 5.75 Å². The Morgan fingerprint density at radius 1 is 1.29 bits per heavy atom. The fourth-order valence-electron chi connectivity index (χ4n) is 1.20. The van der Waals surface area contributed by atoms with E-state index in [0.29, 0.717) is 0 Å². The van der Waals surface area contributed by atoms with Gasteiger partial charge < -0.3 is 8.75 Å². The number of hydrogen-bond acceptors (Lipinski definition) is 4. The fraction of sp³-hybridized carbons (Fsp3) is 0.100. The van der Waals surface area contributed by atoms with Gasteiger partial charge in [-0.2, -0.15) is 8.42 Å². The molecule has 17 heavy (non-hydrogen) atoms. The van der Waals surface area contributed by atoms with Crippen LogP contribution in [0.2, 0.25) is 5.15 Å². The Bertz CT molecular complexity index is 622. The van der Waals surface area contributed by atoms with E-state index in [1.54, 1.807) is 25.2 Å². The van der Waals surface area contributed by atoms with Gasteiger partial charge in [-0.05, 0) is 12.1 Å². The first kappa shape index (κ1) is 11.9. The molecule has 0 aliphatic heterocycles. The summed E-state index contributed by atoms with van der Waals surface area (Å²) in [5, 5.41) is -0.272. The third-order valence-corrected chi connectivity index (χ3v) is 3.76. The zero-order chi connectivity index (χ0) is 12.5. The summed E-state index contributed by atoms with van der Waals surface area (Å²) in [6, 6.07) is 8.17. The van der Waals surface area contributed by atoms with Crippen LogP contribution in [0, 0.1) is 0 Å². The van der Waals surface area contributed by atoms with Gasteiger partial charge in [-0.3, -0.25) is 0 Å². The summed E-state index contributed by atoms with van der Waals surface area (Å²) in [5.41, 5.74) is 0. The molecule has 1 aromatic heterocycles. The van der Waals surface area contributed by atoms with E-state index in [1.165, 1.54) is 23.0 Å². The molecule has 0 radical (unpaired) electrons. The summed E-state index contributed by atoms with van der Waals surface area (Å²) < 4.78 is 30.0. The van der Waals surface area contributed by atoms with Crippen LogP contribution in [0.15, 0.2) is 41.7 Å². The van der Waals surface area contributed by atoms with E-state index >= 15 is 0 Å². The van der Waals surface area contributed by atoms with Gasteiger partial charge in [0.1, 0.15) is 5.75 Å². The van der Waals surface area contributed by atoms with Gasteiger partial charge in [-0.25, -0.2) is 4.98 Å². The van der Waals surface area contributed by atoms with Crippen molar-refractivity contribution in [2.75, 3.05) is 0 Å². The average molecular weight is 273 g/mol. The van der Waals surface area contributed by atoms with Crippen LogP contribution in [0.5, 0.6) is 5.75 Å². The molecule has 0 N–H and O–H groups in total. The molecule has 0 atom stereocenters. The first-order valence-electron chi connectivity index (χ1n) is 4.67. The van der Waals surface area contributed by atoms with Crippen molar-refractivity contribution in [2.45, 2.75) is 5.03 Å². The summed E-state index contributed by atoms with van der Waals surface area (Å²) >= 11 is 5.80. The highest BCUT2D eigenvalue weighted by atomic mass is 35.5. The normalized spacial score (nSPS) is 11.4. The van der Waals surface area contributed by atoms with Crippen molar-refractivity contribution in [3.63, 3.8) is 0 Å². The molecule has 90 valence electrons. The number of benzene rings is 1. The number of hydrogen-bond donors (Lipinski definition) is 0. The minimum absolute atomic E-state index is 0.0148. The molecule has 0 bridgehead atoms. The van der Waals surface area contributed by atoms with Crippen molar-refractivity contribution in [1.29, 1.82) is 0 Å². The van der Waals surface area contributed by atoms with Crippen LogP contribution >= 0.6 is 11.6 Å². The molecule has 0 unspecified atom stereocenters. The molecule has 0 aliphatic carbocycles. The maximum absolute atomic E-state index is 11.9. The van der Waals surface area contributed by atoms with Gasteiger partial charge in [0.2, 0.25) is 5.03 Å². The van der Waals surface area contributed by atoms with Crippen molar-refractivity contribution < 1.29 is 12.6 Å². The van der Waals surface area contributed by atoms with Crippen LogP contribution in [-0.4, -0.2) is 18.0 Å². The SMILES string of the molecule is Cn1cnc(S(=O)(=O)Oc2ccccc2)c1Cl. The van der Waals surface area contributed by atoms with Gasteiger partial charge in [-0.15, -0.1) is 0 Å². The number of nitrogens with zero attached hydrogens (tertiary/aromatic N) is 2. The molecule has 1 heterocycles. The molecule has 5 nitrogen and oxygen atoms in total. The van der Waals surface area contributed by atoms with E-state index in [-0.39, 0.29) is 15.9 Å². The number of aryl methyl sites for hydroxylation is 1. The number of para-hydroxylation sites is 1. The molecule has 2 aromatic rings. The van der Waals surface area contributed by atoms with E-state index in [4.69, 9.17) is 15.8 Å². The Morgan fingerprint density at radius 2 is 1.94 bits per heavy atom. The van der Waals surface area contributed by atoms with Gasteiger partial charge >= 0.3 is 10.1 Å². The minimum atomic E-state index is -3.99. The zero-order valence-electron chi connectivity index (χ0n) is 8.87. The van der Waals surface area contributed by atoms with Crippen molar-refractivity contribution >= 4 is 21.7 Å². The maximum atomic E-state index is 11.9. The second-order valence-corrected chi connectivity index (χ2v) is 5.12. The van der Waals surface area contributed by atoms with E-state index < -0.39 is 10.1 Å². The lowest BCUT2D eigenvalue weighted by molar-refractivity contribution is 0.483. The Kier molecular flexibility index (Phi) is 3.08. The number of rotatable bonds is 3. The van der Waals surface area contributed by atoms with Crippen LogP contribution in [0.4, 0.5) is 0 Å². The summed E-state index contributed by atoms with van der Waals surface area (Å²) in [4.78, 5) is 3.70. The van der Waals surface area contributed by atoms with E-state index in [1.807, 2.05) is 0 Å². The van der Waals surface area contributed by atoms with Gasteiger partial charge in [0.15, 0.2) is 5.15 Å². The van der Waals surface area contributed by atoms with Gasteiger partial charge in [-0.1, -0.05) is 29.8 Å². The Hall–Kier alpha value is -1.53. The fourth-order valence-corrected chi connectivity index (χ4v) is 2.55. The summed E-state index contributed by atoms with van der Waals surface area (Å²) in [7, 11) is -2.39. The Morgan fingerprint density at radius 3 is 2.47 bits per heavy atom. The first-order chi connectivity index (χ1) is 8.00. The van der Waals surface area contributed by atoms with Crippen molar-refractivity contribution in [1.82, 2.24) is 9.55 Å². The van der Waals surface area contributed by atoms with Crippen LogP contribution in [0.3, 0.4) is 0 Å². The molecule has 7 heteroatoms. The van der Waals surface area contributed by atoms with Crippen LogP contribution in [0.1, 0.15) is 0 Å². The van der Waals surface area contributed by atoms with Gasteiger partial charge in [0.25, 0.3) is 0 Å². The van der Waals surface area contributed by atoms with Crippen LogP contribution in [0.25, 0.3) is 0 Å². The van der Waals surface area contributed by atoms with Gasteiger partial charge in [0, 0.05) is 7.05 Å². The largest absolute Gasteiger partial charge is 0.378 e. The van der Waals surface area contributed by atoms with E-state index in [9.17, 15) is 8.42 Å². The lowest BCUT2D eigenvalue weighted by Crippen LogP contribution is -2.10. The predicted octanol–water partition coefficient (Wildman–Crippen LogP) is 1.84. The Balaban J connectivity index is 2.35. The zero-order valence-corrected chi connectivity index (χ0v) is 10.4. The van der Waals surface area contributed by atoms with Crippen molar-refractivity contribution in [2.24, 2.45) is 7.05 Å². The van der Waals surface area contributed by atoms with Gasteiger partial charge in [0.05, 0.1) is 6.33 Å². The summed E-state index contributed by atoms with van der Waals surface area (Å²) in [6.07, 6.45) is 1.31. The Labute approximate surface area is 104 Å². The van der Waals surface area contributed by atoms with E-state index in [0.717, 1.165) is 0 Å². The molecule has 0 saturated carbocycles. The molecular formula is C10H9ClN2O3S. The smallest absolute Gasteiger partial charge is 0.360 e. The van der Waals surface area contributed by atoms with Crippen LogP contribution < -0.4 is 4.18 Å². The molecule has 1 aromatic carbocycles. The molecule has 0 saturated heterocycles. The molecule has 0 aliphatic rings.